The maximum Gasteiger partial charge on any atom is 0.248 e. The van der Waals surface area contributed by atoms with Gasteiger partial charge in [-0.2, -0.15) is 0 Å². The van der Waals surface area contributed by atoms with Gasteiger partial charge in [-0.1, -0.05) is 188 Å². The van der Waals surface area contributed by atoms with Crippen LogP contribution in [-0.2, 0) is 0 Å². The minimum absolute atomic E-state index is 0.495. The van der Waals surface area contributed by atoms with E-state index in [1.807, 2.05) is 30.3 Å². The molecule has 1 aromatic heterocycles. The van der Waals surface area contributed by atoms with Gasteiger partial charge in [0, 0.05) is 28.2 Å². The fourth-order valence-electron chi connectivity index (χ4n) is 8.71. The van der Waals surface area contributed by atoms with Crippen molar-refractivity contribution in [2.24, 2.45) is 0 Å². The van der Waals surface area contributed by atoms with Gasteiger partial charge >= 0.3 is 0 Å². The van der Waals surface area contributed by atoms with Crippen LogP contribution in [0, 0.1) is 0 Å². The summed E-state index contributed by atoms with van der Waals surface area (Å²) >= 11 is 0. The molecule has 64 heavy (non-hydrogen) atoms. The first kappa shape index (κ1) is 38.3. The van der Waals surface area contributed by atoms with Gasteiger partial charge in [0.1, 0.15) is 0 Å². The number of benzene rings is 10. The Morgan fingerprint density at radius 1 is 0.250 bits per heavy atom. The number of aromatic nitrogens is 2. The van der Waals surface area contributed by atoms with Crippen molar-refractivity contribution in [1.82, 2.24) is 10.2 Å². The van der Waals surface area contributed by atoms with Crippen molar-refractivity contribution < 1.29 is 4.42 Å². The molecule has 11 aromatic rings. The average molecular weight is 820 g/mol. The molecule has 0 saturated carbocycles. The minimum atomic E-state index is 0.495. The summed E-state index contributed by atoms with van der Waals surface area (Å²) in [7, 11) is 0. The summed E-state index contributed by atoms with van der Waals surface area (Å²) in [5.41, 5.74) is 16.8. The second-order valence-corrected chi connectivity index (χ2v) is 15.8. The summed E-state index contributed by atoms with van der Waals surface area (Å²) in [6, 6.07) is 87.9. The van der Waals surface area contributed by atoms with Crippen molar-refractivity contribution >= 4 is 27.8 Å². The van der Waals surface area contributed by atoms with Crippen molar-refractivity contribution in [3.05, 3.63) is 249 Å². The molecule has 302 valence electrons. The second-order valence-electron chi connectivity index (χ2n) is 15.8. The maximum atomic E-state index is 6.05. The predicted octanol–water partition coefficient (Wildman–Crippen LogP) is 16.4. The monoisotopic (exact) mass is 819 g/mol. The predicted molar refractivity (Wildman–Crippen MR) is 265 cm³/mol. The van der Waals surface area contributed by atoms with Gasteiger partial charge in [0.25, 0.3) is 0 Å². The highest BCUT2D eigenvalue weighted by molar-refractivity contribution is 5.97. The smallest absolute Gasteiger partial charge is 0.248 e. The van der Waals surface area contributed by atoms with Crippen molar-refractivity contribution in [3.8, 4) is 78.5 Å². The van der Waals surface area contributed by atoms with Crippen LogP contribution in [0.2, 0.25) is 0 Å². The maximum absolute atomic E-state index is 6.05. The molecule has 0 N–H and O–H groups in total. The van der Waals surface area contributed by atoms with Gasteiger partial charge in [0.05, 0.1) is 0 Å². The van der Waals surface area contributed by atoms with Crippen molar-refractivity contribution in [1.29, 1.82) is 0 Å². The summed E-state index contributed by atoms with van der Waals surface area (Å²) < 4.78 is 6.05. The third kappa shape index (κ3) is 7.55. The Labute approximate surface area is 373 Å². The Balaban J connectivity index is 0.868. The molecule has 0 spiro atoms. The fraction of sp³-hybridized carbons (Fsp3) is 0. The zero-order valence-electron chi connectivity index (χ0n) is 34.9. The minimum Gasteiger partial charge on any atom is -0.416 e. The first-order valence-electron chi connectivity index (χ1n) is 21.6. The van der Waals surface area contributed by atoms with E-state index in [0.29, 0.717) is 11.8 Å². The highest BCUT2D eigenvalue weighted by Gasteiger charge is 2.17. The van der Waals surface area contributed by atoms with Crippen LogP contribution >= 0.6 is 0 Å². The molecule has 11 rings (SSSR count). The Hall–Kier alpha value is -8.60. The number of para-hydroxylation sites is 1. The number of hydrogen-bond donors (Lipinski definition) is 0. The summed E-state index contributed by atoms with van der Waals surface area (Å²) in [5, 5.41) is 11.2. The van der Waals surface area contributed by atoms with Crippen molar-refractivity contribution in [2.45, 2.75) is 0 Å². The normalized spacial score (nSPS) is 11.1. The van der Waals surface area contributed by atoms with Gasteiger partial charge < -0.3 is 9.32 Å². The molecule has 10 aromatic carbocycles. The second kappa shape index (κ2) is 17.0. The first-order valence-corrected chi connectivity index (χ1v) is 21.6. The molecule has 0 aliphatic heterocycles. The van der Waals surface area contributed by atoms with E-state index >= 15 is 0 Å². The van der Waals surface area contributed by atoms with Crippen LogP contribution < -0.4 is 4.90 Å². The lowest BCUT2D eigenvalue weighted by Crippen LogP contribution is -2.09. The topological polar surface area (TPSA) is 42.2 Å². The summed E-state index contributed by atoms with van der Waals surface area (Å²) in [6.07, 6.45) is 0. The molecule has 0 atom stereocenters. The van der Waals surface area contributed by atoms with Crippen LogP contribution in [0.25, 0.3) is 89.3 Å². The summed E-state index contributed by atoms with van der Waals surface area (Å²) in [4.78, 5) is 2.32. The molecule has 0 amide bonds. The Bertz CT molecular complexity index is 3340. The van der Waals surface area contributed by atoms with Gasteiger partial charge in [-0.05, 0) is 127 Å². The molecular weight excluding hydrogens is 779 g/mol. The largest absolute Gasteiger partial charge is 0.416 e. The van der Waals surface area contributed by atoms with Gasteiger partial charge in [-0.25, -0.2) is 0 Å². The van der Waals surface area contributed by atoms with Crippen LogP contribution in [0.3, 0.4) is 0 Å². The lowest BCUT2D eigenvalue weighted by molar-refractivity contribution is 0.584. The highest BCUT2D eigenvalue weighted by Crippen LogP contribution is 2.41. The standard InChI is InChI=1S/C60H41N3O/c1-3-15-48(16-4-1)59-61-62-60(64-59)49-32-30-46(31-33-49)55-21-9-11-23-57(55)58-24-12-10-22-56(58)47-36-40-52(41-37-47)63(50-18-5-2-6-19-50)51-38-34-43(35-39-51)42-26-28-45(29-27-42)54-25-13-17-44-14-7-8-20-53(44)54/h1-41H. The molecule has 0 radical (unpaired) electrons. The first-order chi connectivity index (χ1) is 31.7. The average Bonchev–Trinajstić information content (AvgIpc) is 3.88. The molecule has 0 unspecified atom stereocenters. The number of fused-ring (bicyclic) bond motifs is 1. The van der Waals surface area contributed by atoms with Crippen molar-refractivity contribution in [2.75, 3.05) is 4.90 Å². The Kier molecular flexibility index (Phi) is 10.2. The molecule has 1 heterocycles. The third-order valence-corrected chi connectivity index (χ3v) is 11.9. The van der Waals surface area contributed by atoms with Crippen LogP contribution in [0.5, 0.6) is 0 Å². The van der Waals surface area contributed by atoms with Crippen LogP contribution in [-0.4, -0.2) is 10.2 Å². The van der Waals surface area contributed by atoms with Crippen molar-refractivity contribution in [3.63, 3.8) is 0 Å². The van der Waals surface area contributed by atoms with E-state index in [9.17, 15) is 0 Å². The van der Waals surface area contributed by atoms with Crippen LogP contribution in [0.1, 0.15) is 0 Å². The molecule has 0 saturated heterocycles. The summed E-state index contributed by atoms with van der Waals surface area (Å²) in [6.45, 7) is 0. The van der Waals surface area contributed by atoms with E-state index < -0.39 is 0 Å². The molecule has 4 nitrogen and oxygen atoms in total. The highest BCUT2D eigenvalue weighted by atomic mass is 16.4. The molecule has 0 bridgehead atoms. The van der Waals surface area contributed by atoms with E-state index in [0.717, 1.165) is 50.4 Å². The van der Waals surface area contributed by atoms with Crippen LogP contribution in [0.15, 0.2) is 253 Å². The van der Waals surface area contributed by atoms with E-state index in [4.69, 9.17) is 4.42 Å². The lowest BCUT2D eigenvalue weighted by Gasteiger charge is -2.26. The third-order valence-electron chi connectivity index (χ3n) is 11.9. The number of rotatable bonds is 10. The Morgan fingerprint density at radius 3 is 1.19 bits per heavy atom. The lowest BCUT2D eigenvalue weighted by atomic mass is 9.89. The molecule has 0 aliphatic rings. The van der Waals surface area contributed by atoms with Crippen LogP contribution in [0.4, 0.5) is 17.1 Å². The number of nitrogens with zero attached hydrogens (tertiary/aromatic N) is 3. The summed E-state index contributed by atoms with van der Waals surface area (Å²) in [5.74, 6) is 1.00. The number of anilines is 3. The zero-order chi connectivity index (χ0) is 42.7. The van der Waals surface area contributed by atoms with E-state index in [1.165, 1.54) is 44.2 Å². The van der Waals surface area contributed by atoms with Gasteiger partial charge in [0.2, 0.25) is 11.8 Å². The zero-order valence-corrected chi connectivity index (χ0v) is 34.9. The molecular formula is C60H41N3O. The molecule has 0 fully saturated rings. The SMILES string of the molecule is c1ccc(-c2nnc(-c3ccc(-c4ccccc4-c4ccccc4-c4ccc(N(c5ccccc5)c5ccc(-c6ccc(-c7cccc8ccccc78)cc6)cc5)cc4)cc3)o2)cc1. The molecule has 4 heteroatoms. The van der Waals surface area contributed by atoms with Gasteiger partial charge in [0.15, 0.2) is 0 Å². The molecule has 0 aliphatic carbocycles. The number of hydrogen-bond acceptors (Lipinski definition) is 4. The Morgan fingerprint density at radius 2 is 0.609 bits per heavy atom. The van der Waals surface area contributed by atoms with E-state index in [-0.39, 0.29) is 0 Å². The van der Waals surface area contributed by atoms with Gasteiger partial charge in [-0.3, -0.25) is 0 Å². The van der Waals surface area contributed by atoms with Gasteiger partial charge in [-0.15, -0.1) is 10.2 Å². The van der Waals surface area contributed by atoms with E-state index in [1.54, 1.807) is 0 Å². The van der Waals surface area contributed by atoms with E-state index in [2.05, 4.69) is 233 Å². The fourth-order valence-corrected chi connectivity index (χ4v) is 8.71. The quantitative estimate of drug-likeness (QED) is 0.138.